The molecule has 2 aromatic carbocycles. The number of rotatable bonds is 6. The van der Waals surface area contributed by atoms with Gasteiger partial charge in [0.2, 0.25) is 10.0 Å². The topological polar surface area (TPSA) is 66.5 Å². The van der Waals surface area contributed by atoms with E-state index in [9.17, 15) is 13.2 Å². The minimum atomic E-state index is -3.32. The maximum Gasteiger partial charge on any atom is 0.251 e. The lowest BCUT2D eigenvalue weighted by Crippen LogP contribution is -2.39. The van der Waals surface area contributed by atoms with Crippen molar-refractivity contribution in [3.05, 3.63) is 65.2 Å². The van der Waals surface area contributed by atoms with E-state index in [1.165, 1.54) is 9.87 Å². The van der Waals surface area contributed by atoms with Crippen molar-refractivity contribution in [1.29, 1.82) is 0 Å². The van der Waals surface area contributed by atoms with Crippen LogP contribution in [0.5, 0.6) is 0 Å². The van der Waals surface area contributed by atoms with Gasteiger partial charge >= 0.3 is 0 Å². The summed E-state index contributed by atoms with van der Waals surface area (Å²) >= 11 is 0. The van der Waals surface area contributed by atoms with Crippen molar-refractivity contribution in [3.63, 3.8) is 0 Å². The minimum Gasteiger partial charge on any atom is -0.350 e. The summed E-state index contributed by atoms with van der Waals surface area (Å²) in [5, 5.41) is 3.09. The summed E-state index contributed by atoms with van der Waals surface area (Å²) < 4.78 is 26.5. The number of carbonyl (C=O) groups excluding carboxylic acids is 1. The fraction of sp³-hybridized carbons (Fsp3) is 0.458. The first kappa shape index (κ1) is 22.3. The fourth-order valence-corrected chi connectivity index (χ4v) is 5.90. The standard InChI is InChI=1S/C24H32N2O3S/c1-18-12-13-20(16-22(18)26-14-8-9-15-30(26,28)29)23(27)25-19(2)17-24(3,4)21-10-6-5-7-11-21/h5-7,10-13,16,19H,8-9,14-15,17H2,1-4H3,(H,25,27)/t19-/m0/s1. The van der Waals surface area contributed by atoms with E-state index in [4.69, 9.17) is 0 Å². The van der Waals surface area contributed by atoms with Crippen molar-refractivity contribution >= 4 is 21.6 Å². The lowest BCUT2D eigenvalue weighted by Gasteiger charge is -2.30. The third-order valence-corrected chi connectivity index (χ3v) is 7.69. The van der Waals surface area contributed by atoms with Crippen LogP contribution in [0.15, 0.2) is 48.5 Å². The minimum absolute atomic E-state index is 0.0313. The van der Waals surface area contributed by atoms with Gasteiger partial charge in [-0.05, 0) is 61.8 Å². The number of hydrogen-bond acceptors (Lipinski definition) is 3. The maximum atomic E-state index is 12.9. The van der Waals surface area contributed by atoms with Crippen LogP contribution in [0.25, 0.3) is 0 Å². The molecule has 3 rings (SSSR count). The second-order valence-corrected chi connectivity index (χ2v) is 10.9. The number of hydrogen-bond donors (Lipinski definition) is 1. The molecular formula is C24H32N2O3S. The van der Waals surface area contributed by atoms with Crippen LogP contribution in [0.3, 0.4) is 0 Å². The summed E-state index contributed by atoms with van der Waals surface area (Å²) in [5.41, 5.74) is 3.11. The molecule has 1 N–H and O–H groups in total. The number of anilines is 1. The maximum absolute atomic E-state index is 12.9. The zero-order valence-corrected chi connectivity index (χ0v) is 19.1. The van der Waals surface area contributed by atoms with E-state index >= 15 is 0 Å². The first-order chi connectivity index (χ1) is 14.1. The van der Waals surface area contributed by atoms with E-state index in [2.05, 4.69) is 31.3 Å². The number of sulfonamides is 1. The van der Waals surface area contributed by atoms with Crippen molar-refractivity contribution in [2.24, 2.45) is 0 Å². The van der Waals surface area contributed by atoms with Gasteiger partial charge in [0.1, 0.15) is 0 Å². The molecule has 1 fully saturated rings. The molecule has 162 valence electrons. The van der Waals surface area contributed by atoms with Crippen molar-refractivity contribution in [2.75, 3.05) is 16.6 Å². The fourth-order valence-electron chi connectivity index (χ4n) is 4.21. The Hall–Kier alpha value is -2.34. The van der Waals surface area contributed by atoms with Gasteiger partial charge in [-0.25, -0.2) is 8.42 Å². The molecule has 6 heteroatoms. The number of aryl methyl sites for hydroxylation is 1. The third kappa shape index (κ3) is 5.04. The van der Waals surface area contributed by atoms with Gasteiger partial charge in [0.15, 0.2) is 0 Å². The Kier molecular flexibility index (Phi) is 6.56. The molecule has 1 heterocycles. The van der Waals surface area contributed by atoms with Crippen LogP contribution in [-0.2, 0) is 15.4 Å². The van der Waals surface area contributed by atoms with Crippen LogP contribution in [-0.4, -0.2) is 32.7 Å². The summed E-state index contributed by atoms with van der Waals surface area (Å²) in [6.07, 6.45) is 2.31. The monoisotopic (exact) mass is 428 g/mol. The van der Waals surface area contributed by atoms with Gasteiger partial charge in [0, 0.05) is 18.2 Å². The molecule has 1 amide bonds. The molecule has 0 saturated carbocycles. The van der Waals surface area contributed by atoms with Crippen LogP contribution in [0.4, 0.5) is 5.69 Å². The molecule has 30 heavy (non-hydrogen) atoms. The van der Waals surface area contributed by atoms with E-state index in [1.54, 1.807) is 12.1 Å². The number of nitrogens with one attached hydrogen (secondary N) is 1. The molecule has 1 saturated heterocycles. The highest BCUT2D eigenvalue weighted by Crippen LogP contribution is 2.29. The average molecular weight is 429 g/mol. The molecule has 0 aromatic heterocycles. The Balaban J connectivity index is 1.74. The Bertz CT molecular complexity index is 1000. The Morgan fingerprint density at radius 2 is 1.83 bits per heavy atom. The van der Waals surface area contributed by atoms with Gasteiger partial charge in [0.25, 0.3) is 5.91 Å². The largest absolute Gasteiger partial charge is 0.350 e. The zero-order chi connectivity index (χ0) is 21.9. The SMILES string of the molecule is Cc1ccc(C(=O)N[C@@H](C)CC(C)(C)c2ccccc2)cc1N1CCCCS1(=O)=O. The van der Waals surface area contributed by atoms with Gasteiger partial charge in [-0.1, -0.05) is 50.2 Å². The molecule has 1 atom stereocenters. The number of nitrogens with zero attached hydrogens (tertiary/aromatic N) is 1. The molecule has 5 nitrogen and oxygen atoms in total. The lowest BCUT2D eigenvalue weighted by atomic mass is 9.79. The number of benzene rings is 2. The molecule has 0 bridgehead atoms. The highest BCUT2D eigenvalue weighted by molar-refractivity contribution is 7.92. The summed E-state index contributed by atoms with van der Waals surface area (Å²) in [4.78, 5) is 12.9. The van der Waals surface area contributed by atoms with Crippen molar-refractivity contribution < 1.29 is 13.2 Å². The van der Waals surface area contributed by atoms with Crippen LogP contribution in [0.2, 0.25) is 0 Å². The van der Waals surface area contributed by atoms with Crippen LogP contribution >= 0.6 is 0 Å². The first-order valence-electron chi connectivity index (χ1n) is 10.6. The van der Waals surface area contributed by atoms with Crippen molar-refractivity contribution in [1.82, 2.24) is 5.32 Å². The molecule has 2 aromatic rings. The molecule has 0 radical (unpaired) electrons. The van der Waals surface area contributed by atoms with Gasteiger partial charge in [0.05, 0.1) is 11.4 Å². The highest BCUT2D eigenvalue weighted by Gasteiger charge is 2.28. The third-order valence-electron chi connectivity index (χ3n) is 5.84. The molecule has 1 aliphatic rings. The molecule has 0 aliphatic carbocycles. The van der Waals surface area contributed by atoms with Gasteiger partial charge in [-0.2, -0.15) is 0 Å². The Morgan fingerprint density at radius 1 is 1.13 bits per heavy atom. The smallest absolute Gasteiger partial charge is 0.251 e. The zero-order valence-electron chi connectivity index (χ0n) is 18.3. The van der Waals surface area contributed by atoms with E-state index in [0.29, 0.717) is 24.2 Å². The van der Waals surface area contributed by atoms with Crippen molar-refractivity contribution in [3.8, 4) is 0 Å². The number of carbonyl (C=O) groups is 1. The van der Waals surface area contributed by atoms with E-state index in [1.807, 2.05) is 38.1 Å². The summed E-state index contributed by atoms with van der Waals surface area (Å²) in [5.74, 6) is -0.0175. The van der Waals surface area contributed by atoms with Gasteiger partial charge in [-0.3, -0.25) is 9.10 Å². The predicted octanol–water partition coefficient (Wildman–Crippen LogP) is 4.41. The highest BCUT2D eigenvalue weighted by atomic mass is 32.2. The van der Waals surface area contributed by atoms with Crippen molar-refractivity contribution in [2.45, 2.75) is 58.4 Å². The van der Waals surface area contributed by atoms with Crippen LogP contribution < -0.4 is 9.62 Å². The Labute approximate surface area is 180 Å². The molecule has 0 spiro atoms. The summed E-state index contributed by atoms with van der Waals surface area (Å²) in [7, 11) is -3.32. The quantitative estimate of drug-likeness (QED) is 0.741. The normalized spacial score (nSPS) is 17.4. The Morgan fingerprint density at radius 3 is 2.50 bits per heavy atom. The summed E-state index contributed by atoms with van der Waals surface area (Å²) in [6.45, 7) is 8.71. The van der Waals surface area contributed by atoms with Crippen LogP contribution in [0.1, 0.15) is 61.5 Å². The average Bonchev–Trinajstić information content (AvgIpc) is 2.68. The van der Waals surface area contributed by atoms with Gasteiger partial charge in [-0.15, -0.1) is 0 Å². The molecule has 0 unspecified atom stereocenters. The second-order valence-electron chi connectivity index (χ2n) is 8.93. The van der Waals surface area contributed by atoms with E-state index in [0.717, 1.165) is 18.4 Å². The van der Waals surface area contributed by atoms with E-state index < -0.39 is 10.0 Å². The van der Waals surface area contributed by atoms with E-state index in [-0.39, 0.29) is 23.1 Å². The second kappa shape index (κ2) is 8.80. The lowest BCUT2D eigenvalue weighted by molar-refractivity contribution is 0.0934. The van der Waals surface area contributed by atoms with Gasteiger partial charge < -0.3 is 5.32 Å². The number of amides is 1. The summed E-state index contributed by atoms with van der Waals surface area (Å²) in [6, 6.07) is 15.6. The predicted molar refractivity (Wildman–Crippen MR) is 123 cm³/mol. The molecular weight excluding hydrogens is 396 g/mol. The van der Waals surface area contributed by atoms with Crippen LogP contribution in [0, 0.1) is 6.92 Å². The molecule has 1 aliphatic heterocycles. The first-order valence-corrected chi connectivity index (χ1v) is 12.2.